The summed E-state index contributed by atoms with van der Waals surface area (Å²) in [6.07, 6.45) is 2.02. The summed E-state index contributed by atoms with van der Waals surface area (Å²) in [4.78, 5) is 16.4. The Morgan fingerprint density at radius 3 is 2.39 bits per heavy atom. The molecule has 2 N–H and O–H groups in total. The van der Waals surface area contributed by atoms with Gasteiger partial charge in [0.05, 0.1) is 39.3 Å². The summed E-state index contributed by atoms with van der Waals surface area (Å²) in [5.74, 6) is 1.03. The first-order valence-corrected chi connectivity index (χ1v) is 10.3. The number of quaternary nitrogens is 1. The number of hydrogen-bond donors (Lipinski definition) is 2. The number of carbonyl (C=O) groups is 1. The minimum Gasteiger partial charge on any atom is -0.497 e. The molecular formula is C23H32N3O2+. The average molecular weight is 383 g/mol. The SMILES string of the molecule is CCC[C@H](NC(=O)C[NH+]1CCN(c2ccc(OC)cc2)CC1)c1ccccc1. The molecule has 150 valence electrons. The highest BCUT2D eigenvalue weighted by atomic mass is 16.5. The maximum absolute atomic E-state index is 12.6. The highest BCUT2D eigenvalue weighted by molar-refractivity contribution is 5.77. The molecule has 0 bridgehead atoms. The molecule has 5 heteroatoms. The van der Waals surface area contributed by atoms with Gasteiger partial charge in [0.2, 0.25) is 0 Å². The number of anilines is 1. The summed E-state index contributed by atoms with van der Waals surface area (Å²) >= 11 is 0. The number of amides is 1. The van der Waals surface area contributed by atoms with Gasteiger partial charge in [-0.05, 0) is 36.2 Å². The standard InChI is InChI=1S/C23H31N3O2/c1-3-7-22(19-8-5-4-6-9-19)24-23(27)18-25-14-16-26(17-15-25)20-10-12-21(28-2)13-11-20/h4-6,8-13,22H,3,7,14-18H2,1-2H3,(H,24,27)/p+1/t22-/m0/s1. The second kappa shape index (κ2) is 10.1. The number of hydrogen-bond acceptors (Lipinski definition) is 3. The van der Waals surface area contributed by atoms with Crippen LogP contribution in [-0.4, -0.2) is 45.7 Å². The van der Waals surface area contributed by atoms with E-state index in [0.29, 0.717) is 6.54 Å². The number of piperazine rings is 1. The van der Waals surface area contributed by atoms with Crippen molar-refractivity contribution in [3.63, 3.8) is 0 Å². The molecule has 1 aliphatic heterocycles. The van der Waals surface area contributed by atoms with Crippen LogP contribution in [-0.2, 0) is 4.79 Å². The van der Waals surface area contributed by atoms with E-state index < -0.39 is 0 Å². The summed E-state index contributed by atoms with van der Waals surface area (Å²) < 4.78 is 5.23. The third kappa shape index (κ3) is 5.49. The largest absolute Gasteiger partial charge is 0.497 e. The van der Waals surface area contributed by atoms with Crippen LogP contribution >= 0.6 is 0 Å². The van der Waals surface area contributed by atoms with Crippen LogP contribution in [0, 0.1) is 0 Å². The predicted molar refractivity (Wildman–Crippen MR) is 113 cm³/mol. The molecule has 2 aromatic carbocycles. The molecule has 1 amide bonds. The second-order valence-electron chi connectivity index (χ2n) is 7.43. The Bertz CT molecular complexity index is 725. The monoisotopic (exact) mass is 382 g/mol. The summed E-state index contributed by atoms with van der Waals surface area (Å²) in [6, 6.07) is 18.6. The first-order chi connectivity index (χ1) is 13.7. The Morgan fingerprint density at radius 2 is 1.79 bits per heavy atom. The lowest BCUT2D eigenvalue weighted by Crippen LogP contribution is -3.16. The van der Waals surface area contributed by atoms with Gasteiger partial charge < -0.3 is 19.9 Å². The van der Waals surface area contributed by atoms with Crippen molar-refractivity contribution in [1.29, 1.82) is 0 Å². The number of nitrogens with zero attached hydrogens (tertiary/aromatic N) is 1. The Kier molecular flexibility index (Phi) is 7.31. The molecule has 0 spiro atoms. The third-order valence-electron chi connectivity index (χ3n) is 5.43. The van der Waals surface area contributed by atoms with Gasteiger partial charge >= 0.3 is 0 Å². The molecule has 0 unspecified atom stereocenters. The lowest BCUT2D eigenvalue weighted by Gasteiger charge is -2.33. The van der Waals surface area contributed by atoms with E-state index in [2.05, 4.69) is 41.4 Å². The van der Waals surface area contributed by atoms with Gasteiger partial charge in [0.15, 0.2) is 6.54 Å². The average Bonchev–Trinajstić information content (AvgIpc) is 2.75. The zero-order chi connectivity index (χ0) is 19.8. The van der Waals surface area contributed by atoms with Crippen molar-refractivity contribution in [3.8, 4) is 5.75 Å². The summed E-state index contributed by atoms with van der Waals surface area (Å²) in [5.41, 5.74) is 2.41. The fourth-order valence-electron chi connectivity index (χ4n) is 3.82. The molecule has 2 aromatic rings. The molecule has 1 atom stereocenters. The highest BCUT2D eigenvalue weighted by Gasteiger charge is 2.23. The first kappa shape index (κ1) is 20.2. The van der Waals surface area contributed by atoms with Crippen LogP contribution in [0.2, 0.25) is 0 Å². The third-order valence-corrected chi connectivity index (χ3v) is 5.43. The van der Waals surface area contributed by atoms with Crippen LogP contribution < -0.4 is 19.9 Å². The second-order valence-corrected chi connectivity index (χ2v) is 7.43. The van der Waals surface area contributed by atoms with Crippen molar-refractivity contribution < 1.29 is 14.4 Å². The van der Waals surface area contributed by atoms with Crippen LogP contribution in [0.25, 0.3) is 0 Å². The Labute approximate surface area is 168 Å². The van der Waals surface area contributed by atoms with Crippen molar-refractivity contribution in [3.05, 3.63) is 60.2 Å². The first-order valence-electron chi connectivity index (χ1n) is 10.3. The van der Waals surface area contributed by atoms with Crippen molar-refractivity contribution in [2.75, 3.05) is 44.7 Å². The summed E-state index contributed by atoms with van der Waals surface area (Å²) in [6.45, 7) is 6.58. The number of methoxy groups -OCH3 is 1. The molecule has 1 aliphatic rings. The molecule has 1 fully saturated rings. The minimum atomic E-state index is 0.110. The molecule has 1 heterocycles. The number of nitrogens with one attached hydrogen (secondary N) is 2. The molecule has 1 saturated heterocycles. The maximum atomic E-state index is 12.6. The van der Waals surface area contributed by atoms with Gasteiger partial charge in [-0.25, -0.2) is 0 Å². The van der Waals surface area contributed by atoms with Crippen molar-refractivity contribution in [1.82, 2.24) is 5.32 Å². The van der Waals surface area contributed by atoms with Crippen molar-refractivity contribution in [2.45, 2.75) is 25.8 Å². The van der Waals surface area contributed by atoms with Gasteiger partial charge in [0.25, 0.3) is 5.91 Å². The topological polar surface area (TPSA) is 46.0 Å². The Hall–Kier alpha value is -2.53. The molecule has 5 nitrogen and oxygen atoms in total. The smallest absolute Gasteiger partial charge is 0.275 e. The van der Waals surface area contributed by atoms with E-state index in [1.807, 2.05) is 30.3 Å². The van der Waals surface area contributed by atoms with E-state index >= 15 is 0 Å². The van der Waals surface area contributed by atoms with Gasteiger partial charge in [0, 0.05) is 5.69 Å². The van der Waals surface area contributed by atoms with Crippen molar-refractivity contribution in [2.24, 2.45) is 0 Å². The molecule has 0 aromatic heterocycles. The van der Waals surface area contributed by atoms with E-state index in [4.69, 9.17) is 4.74 Å². The van der Waals surface area contributed by atoms with E-state index in [0.717, 1.165) is 44.8 Å². The number of rotatable bonds is 8. The zero-order valence-electron chi connectivity index (χ0n) is 17.0. The molecule has 0 aliphatic carbocycles. The van der Waals surface area contributed by atoms with Gasteiger partial charge in [-0.15, -0.1) is 0 Å². The van der Waals surface area contributed by atoms with Gasteiger partial charge in [-0.3, -0.25) is 4.79 Å². The molecule has 3 rings (SSSR count). The highest BCUT2D eigenvalue weighted by Crippen LogP contribution is 2.19. The number of benzene rings is 2. The Morgan fingerprint density at radius 1 is 1.11 bits per heavy atom. The number of carbonyl (C=O) groups excluding carboxylic acids is 1. The quantitative estimate of drug-likeness (QED) is 0.735. The van der Waals surface area contributed by atoms with E-state index in [1.54, 1.807) is 7.11 Å². The van der Waals surface area contributed by atoms with Crippen LogP contribution in [0.1, 0.15) is 31.4 Å². The molecular weight excluding hydrogens is 350 g/mol. The van der Waals surface area contributed by atoms with E-state index in [1.165, 1.54) is 16.2 Å². The van der Waals surface area contributed by atoms with Gasteiger partial charge in [-0.2, -0.15) is 0 Å². The molecule has 28 heavy (non-hydrogen) atoms. The van der Waals surface area contributed by atoms with Crippen molar-refractivity contribution >= 4 is 11.6 Å². The lowest BCUT2D eigenvalue weighted by molar-refractivity contribution is -0.892. The maximum Gasteiger partial charge on any atom is 0.275 e. The molecule has 0 saturated carbocycles. The van der Waals surface area contributed by atoms with E-state index in [9.17, 15) is 4.79 Å². The predicted octanol–water partition coefficient (Wildman–Crippen LogP) is 2.06. The lowest BCUT2D eigenvalue weighted by atomic mass is 10.0. The van der Waals surface area contributed by atoms with Gasteiger partial charge in [0.1, 0.15) is 5.75 Å². The van der Waals surface area contributed by atoms with Crippen LogP contribution in [0.15, 0.2) is 54.6 Å². The normalized spacial score (nSPS) is 15.9. The minimum absolute atomic E-state index is 0.110. The Balaban J connectivity index is 1.48. The molecule has 0 radical (unpaired) electrons. The fourth-order valence-corrected chi connectivity index (χ4v) is 3.82. The van der Waals surface area contributed by atoms with Crippen LogP contribution in [0.5, 0.6) is 5.75 Å². The summed E-state index contributed by atoms with van der Waals surface area (Å²) in [5, 5.41) is 3.25. The van der Waals surface area contributed by atoms with E-state index in [-0.39, 0.29) is 11.9 Å². The van der Waals surface area contributed by atoms with Crippen LogP contribution in [0.3, 0.4) is 0 Å². The summed E-state index contributed by atoms with van der Waals surface area (Å²) in [7, 11) is 1.69. The zero-order valence-corrected chi connectivity index (χ0v) is 17.0. The van der Waals surface area contributed by atoms with Gasteiger partial charge in [-0.1, -0.05) is 43.7 Å². The fraction of sp³-hybridized carbons (Fsp3) is 0.435. The number of ether oxygens (including phenoxy) is 1. The van der Waals surface area contributed by atoms with Crippen LogP contribution in [0.4, 0.5) is 5.69 Å².